The topological polar surface area (TPSA) is 79.2 Å². The Kier molecular flexibility index (Phi) is 6.86. The summed E-state index contributed by atoms with van der Waals surface area (Å²) in [7, 11) is 0. The first kappa shape index (κ1) is 29.3. The smallest absolute Gasteiger partial charge is 0.112 e. The van der Waals surface area contributed by atoms with E-state index in [1.54, 1.807) is 13.8 Å². The van der Waals surface area contributed by atoms with Crippen molar-refractivity contribution in [3.8, 4) is 0 Å². The molecule has 5 rings (SSSR count). The monoisotopic (exact) mass is 534 g/mol. The maximum absolute atomic E-state index is 12.0. The van der Waals surface area contributed by atoms with E-state index in [1.807, 2.05) is 0 Å². The summed E-state index contributed by atoms with van der Waals surface area (Å²) in [4.78, 5) is 0. The van der Waals surface area contributed by atoms with Gasteiger partial charge in [0.1, 0.15) is 6.10 Å². The van der Waals surface area contributed by atoms with Crippen LogP contribution in [0.2, 0.25) is 0 Å². The summed E-state index contributed by atoms with van der Waals surface area (Å²) in [6, 6.07) is 0. The molecule has 0 aromatic heterocycles. The van der Waals surface area contributed by atoms with Crippen LogP contribution < -0.4 is 0 Å². The van der Waals surface area contributed by atoms with Crippen LogP contribution >= 0.6 is 0 Å². The minimum absolute atomic E-state index is 0.0214. The van der Waals surface area contributed by atoms with Gasteiger partial charge in [0, 0.05) is 6.42 Å². The standard InChI is InChI=1S/C33H58O5/c1-19(2)37-25-13-14-30(7)23(28(25,3)4)12-16-31(8)24(30)17-21(34)26-20(11-15-32(26,31)9)33(10)18-22(35)27(38-33)29(5,6)36/h19-27,34-36H,11-18H2,1-10H3/t20?,21?,22?,23?,24?,25?,26?,27?,30-,31?,32?,33?/m0/s1. The lowest BCUT2D eigenvalue weighted by Gasteiger charge is -2.70. The lowest BCUT2D eigenvalue weighted by atomic mass is 9.35. The van der Waals surface area contributed by atoms with Crippen molar-refractivity contribution in [3.63, 3.8) is 0 Å². The van der Waals surface area contributed by atoms with Gasteiger partial charge in [-0.3, -0.25) is 0 Å². The van der Waals surface area contributed by atoms with Crippen molar-refractivity contribution >= 4 is 0 Å². The maximum Gasteiger partial charge on any atom is 0.112 e. The van der Waals surface area contributed by atoms with Gasteiger partial charge in [-0.15, -0.1) is 0 Å². The molecule has 5 heteroatoms. The molecule has 5 nitrogen and oxygen atoms in total. The molecule has 1 aliphatic heterocycles. The second kappa shape index (κ2) is 8.90. The van der Waals surface area contributed by atoms with Crippen LogP contribution in [-0.4, -0.2) is 57.0 Å². The summed E-state index contributed by atoms with van der Waals surface area (Å²) >= 11 is 0. The van der Waals surface area contributed by atoms with Crippen LogP contribution in [0, 0.1) is 45.3 Å². The Morgan fingerprint density at radius 3 is 2.05 bits per heavy atom. The van der Waals surface area contributed by atoms with Gasteiger partial charge < -0.3 is 24.8 Å². The van der Waals surface area contributed by atoms with Crippen LogP contribution in [0.3, 0.4) is 0 Å². The van der Waals surface area contributed by atoms with Gasteiger partial charge >= 0.3 is 0 Å². The molecule has 4 aliphatic carbocycles. The first-order chi connectivity index (χ1) is 17.3. The zero-order valence-electron chi connectivity index (χ0n) is 26.0. The fourth-order valence-corrected chi connectivity index (χ4v) is 11.8. The predicted octanol–water partition coefficient (Wildman–Crippen LogP) is 6.12. The van der Waals surface area contributed by atoms with Gasteiger partial charge in [-0.25, -0.2) is 0 Å². The van der Waals surface area contributed by atoms with Crippen LogP contribution in [-0.2, 0) is 9.47 Å². The van der Waals surface area contributed by atoms with Gasteiger partial charge in [-0.2, -0.15) is 0 Å². The summed E-state index contributed by atoms with van der Waals surface area (Å²) in [5.74, 6) is 1.40. The van der Waals surface area contributed by atoms with E-state index in [2.05, 4.69) is 55.4 Å². The third kappa shape index (κ3) is 3.95. The highest BCUT2D eigenvalue weighted by Crippen LogP contribution is 2.76. The molecule has 220 valence electrons. The first-order valence-electron chi connectivity index (χ1n) is 15.7. The number of hydrogen-bond acceptors (Lipinski definition) is 5. The van der Waals surface area contributed by atoms with Gasteiger partial charge in [0.25, 0.3) is 0 Å². The molecular formula is C33H58O5. The number of aliphatic hydroxyl groups excluding tert-OH is 2. The molecule has 11 unspecified atom stereocenters. The summed E-state index contributed by atoms with van der Waals surface area (Å²) in [6.45, 7) is 22.4. The second-order valence-corrected chi connectivity index (χ2v) is 16.8. The van der Waals surface area contributed by atoms with Crippen molar-refractivity contribution in [2.75, 3.05) is 0 Å². The molecule has 0 bridgehead atoms. The van der Waals surface area contributed by atoms with Crippen molar-refractivity contribution in [2.45, 2.75) is 162 Å². The predicted molar refractivity (Wildman–Crippen MR) is 151 cm³/mol. The van der Waals surface area contributed by atoms with Crippen molar-refractivity contribution in [1.82, 2.24) is 0 Å². The highest BCUT2D eigenvalue weighted by Gasteiger charge is 2.72. The molecule has 3 N–H and O–H groups in total. The number of ether oxygens (including phenoxy) is 2. The Balaban J connectivity index is 1.46. The van der Waals surface area contributed by atoms with Crippen LogP contribution in [0.4, 0.5) is 0 Å². The average molecular weight is 535 g/mol. The molecule has 0 radical (unpaired) electrons. The number of hydrogen-bond donors (Lipinski definition) is 3. The largest absolute Gasteiger partial charge is 0.393 e. The van der Waals surface area contributed by atoms with E-state index < -0.39 is 23.4 Å². The molecule has 0 spiro atoms. The highest BCUT2D eigenvalue weighted by atomic mass is 16.5. The van der Waals surface area contributed by atoms with Gasteiger partial charge in [-0.05, 0) is 125 Å². The molecule has 5 fully saturated rings. The quantitative estimate of drug-likeness (QED) is 0.405. The normalized spacial score (nSPS) is 54.5. The molecule has 38 heavy (non-hydrogen) atoms. The van der Waals surface area contributed by atoms with E-state index >= 15 is 0 Å². The summed E-state index contributed by atoms with van der Waals surface area (Å²) in [6.07, 6.45) is 7.10. The molecule has 1 saturated heterocycles. The highest BCUT2D eigenvalue weighted by molar-refractivity contribution is 5.21. The number of rotatable bonds is 4. The summed E-state index contributed by atoms with van der Waals surface area (Å²) < 4.78 is 13.1. The Bertz CT molecular complexity index is 910. The third-order valence-corrected chi connectivity index (χ3v) is 13.6. The maximum atomic E-state index is 12.0. The van der Waals surface area contributed by atoms with E-state index in [-0.39, 0.29) is 45.7 Å². The molecule has 12 atom stereocenters. The Hall–Kier alpha value is -0.200. The van der Waals surface area contributed by atoms with Crippen LogP contribution in [0.25, 0.3) is 0 Å². The first-order valence-corrected chi connectivity index (χ1v) is 15.7. The number of fused-ring (bicyclic) bond motifs is 5. The fourth-order valence-electron chi connectivity index (χ4n) is 11.8. The Morgan fingerprint density at radius 2 is 1.47 bits per heavy atom. The molecule has 0 amide bonds. The van der Waals surface area contributed by atoms with E-state index in [1.165, 1.54) is 19.3 Å². The number of aliphatic hydroxyl groups is 3. The van der Waals surface area contributed by atoms with Gasteiger partial charge in [-0.1, -0.05) is 34.6 Å². The lowest BCUT2D eigenvalue weighted by molar-refractivity contribution is -0.254. The van der Waals surface area contributed by atoms with Crippen LogP contribution in [0.1, 0.15) is 121 Å². The van der Waals surface area contributed by atoms with Crippen molar-refractivity contribution in [1.29, 1.82) is 0 Å². The summed E-state index contributed by atoms with van der Waals surface area (Å²) in [5.41, 5.74) is -1.15. The Labute approximate surface area is 232 Å². The zero-order valence-corrected chi connectivity index (χ0v) is 26.0. The zero-order chi connectivity index (χ0) is 28.3. The van der Waals surface area contributed by atoms with E-state index in [9.17, 15) is 15.3 Å². The van der Waals surface area contributed by atoms with Crippen LogP contribution in [0.15, 0.2) is 0 Å². The molecule has 0 aromatic rings. The summed E-state index contributed by atoms with van der Waals surface area (Å²) in [5, 5.41) is 33.7. The molecule has 5 aliphatic rings. The van der Waals surface area contributed by atoms with Crippen LogP contribution in [0.5, 0.6) is 0 Å². The van der Waals surface area contributed by atoms with Gasteiger partial charge in [0.15, 0.2) is 0 Å². The van der Waals surface area contributed by atoms with Crippen molar-refractivity contribution in [2.24, 2.45) is 45.3 Å². The SMILES string of the molecule is CC(C)OC1CC[C@@]2(C)C(CCC3(C)C2CC(O)C2C(C4(C)CC(O)C(C(C)(C)O)O4)CCC23C)C1(C)C. The molecule has 1 heterocycles. The third-order valence-electron chi connectivity index (χ3n) is 13.6. The molecular weight excluding hydrogens is 476 g/mol. The van der Waals surface area contributed by atoms with E-state index in [0.717, 1.165) is 25.7 Å². The molecule has 4 saturated carbocycles. The lowest BCUT2D eigenvalue weighted by Crippen LogP contribution is -2.66. The Morgan fingerprint density at radius 1 is 0.842 bits per heavy atom. The van der Waals surface area contributed by atoms with E-state index in [0.29, 0.717) is 24.4 Å². The van der Waals surface area contributed by atoms with Crippen molar-refractivity contribution < 1.29 is 24.8 Å². The minimum Gasteiger partial charge on any atom is -0.393 e. The molecule has 0 aromatic carbocycles. The van der Waals surface area contributed by atoms with E-state index in [4.69, 9.17) is 9.47 Å². The van der Waals surface area contributed by atoms with Crippen molar-refractivity contribution in [3.05, 3.63) is 0 Å². The second-order valence-electron chi connectivity index (χ2n) is 16.8. The average Bonchev–Trinajstić information content (AvgIpc) is 3.31. The van der Waals surface area contributed by atoms with Gasteiger partial charge in [0.2, 0.25) is 0 Å². The van der Waals surface area contributed by atoms with Gasteiger partial charge in [0.05, 0.1) is 35.6 Å². The minimum atomic E-state index is -1.10. The fraction of sp³-hybridized carbons (Fsp3) is 1.00.